The van der Waals surface area contributed by atoms with E-state index in [0.29, 0.717) is 16.4 Å². The van der Waals surface area contributed by atoms with E-state index >= 15 is 0 Å². The van der Waals surface area contributed by atoms with Crippen molar-refractivity contribution in [3.8, 4) is 0 Å². The summed E-state index contributed by atoms with van der Waals surface area (Å²) in [6, 6.07) is 11.1. The maximum atomic E-state index is 12.0. The summed E-state index contributed by atoms with van der Waals surface area (Å²) < 4.78 is 0. The first-order valence-electron chi connectivity index (χ1n) is 7.26. The Morgan fingerprint density at radius 3 is 2.28 bits per heavy atom. The Labute approximate surface area is 154 Å². The fourth-order valence-corrected chi connectivity index (χ4v) is 2.51. The van der Waals surface area contributed by atoms with Gasteiger partial charge in [0.25, 0.3) is 5.91 Å². The molecule has 0 heterocycles. The monoisotopic (exact) mass is 379 g/mol. The summed E-state index contributed by atoms with van der Waals surface area (Å²) in [4.78, 5) is 35.0. The lowest BCUT2D eigenvalue weighted by atomic mass is 10.2. The molecular formula is C17H15Cl2N3O3. The van der Waals surface area contributed by atoms with E-state index in [-0.39, 0.29) is 23.0 Å². The molecule has 0 aliphatic rings. The van der Waals surface area contributed by atoms with Gasteiger partial charge >= 0.3 is 0 Å². The van der Waals surface area contributed by atoms with Crippen LogP contribution in [-0.2, 0) is 9.59 Å². The summed E-state index contributed by atoms with van der Waals surface area (Å²) in [5, 5.41) is 8.34. The number of anilines is 2. The molecule has 0 bridgehead atoms. The molecule has 6 nitrogen and oxygen atoms in total. The molecule has 2 aromatic carbocycles. The Bertz CT molecular complexity index is 825. The third kappa shape index (κ3) is 5.77. The van der Waals surface area contributed by atoms with Gasteiger partial charge in [-0.2, -0.15) is 0 Å². The van der Waals surface area contributed by atoms with Crippen molar-refractivity contribution in [2.24, 2.45) is 0 Å². The van der Waals surface area contributed by atoms with E-state index in [1.54, 1.807) is 24.3 Å². The molecule has 0 atom stereocenters. The summed E-state index contributed by atoms with van der Waals surface area (Å²) in [5.74, 6) is -1.11. The number of carbonyl (C=O) groups is 3. The fourth-order valence-electron chi connectivity index (χ4n) is 2.01. The van der Waals surface area contributed by atoms with Crippen molar-refractivity contribution in [1.29, 1.82) is 0 Å². The normalized spacial score (nSPS) is 10.0. The van der Waals surface area contributed by atoms with Crippen molar-refractivity contribution in [2.75, 3.05) is 17.2 Å². The third-order valence-corrected chi connectivity index (χ3v) is 3.60. The zero-order chi connectivity index (χ0) is 18.4. The summed E-state index contributed by atoms with van der Waals surface area (Å²) in [6.07, 6.45) is 0. The van der Waals surface area contributed by atoms with Gasteiger partial charge in [0.2, 0.25) is 11.8 Å². The summed E-state index contributed by atoms with van der Waals surface area (Å²) in [7, 11) is 0. The maximum Gasteiger partial charge on any atom is 0.253 e. The molecule has 2 aromatic rings. The molecule has 0 aliphatic heterocycles. The van der Waals surface area contributed by atoms with E-state index in [9.17, 15) is 14.4 Å². The lowest BCUT2D eigenvalue weighted by Gasteiger charge is -2.09. The van der Waals surface area contributed by atoms with Gasteiger partial charge in [-0.3, -0.25) is 14.4 Å². The minimum absolute atomic E-state index is 0.202. The highest BCUT2D eigenvalue weighted by Gasteiger charge is 2.12. The van der Waals surface area contributed by atoms with Gasteiger partial charge in [-0.15, -0.1) is 0 Å². The first kappa shape index (κ1) is 18.8. The number of benzene rings is 2. The molecule has 2 rings (SSSR count). The highest BCUT2D eigenvalue weighted by molar-refractivity contribution is 6.36. The van der Waals surface area contributed by atoms with E-state index in [1.807, 2.05) is 0 Å². The van der Waals surface area contributed by atoms with Crippen molar-refractivity contribution in [1.82, 2.24) is 5.32 Å². The van der Waals surface area contributed by atoms with Gasteiger partial charge in [-0.25, -0.2) is 0 Å². The van der Waals surface area contributed by atoms with Gasteiger partial charge in [0.1, 0.15) is 0 Å². The second kappa shape index (κ2) is 8.50. The van der Waals surface area contributed by atoms with Crippen LogP contribution in [0.25, 0.3) is 0 Å². The van der Waals surface area contributed by atoms with Crippen molar-refractivity contribution >= 4 is 52.3 Å². The Morgan fingerprint density at radius 1 is 0.960 bits per heavy atom. The molecule has 0 aliphatic carbocycles. The lowest BCUT2D eigenvalue weighted by Crippen LogP contribution is -2.33. The molecule has 3 N–H and O–H groups in total. The van der Waals surface area contributed by atoms with Crippen LogP contribution in [0, 0.1) is 0 Å². The molecule has 0 saturated heterocycles. The van der Waals surface area contributed by atoms with Crippen LogP contribution >= 0.6 is 23.2 Å². The molecular weight excluding hydrogens is 365 g/mol. The number of halogens is 2. The van der Waals surface area contributed by atoms with E-state index in [2.05, 4.69) is 16.0 Å². The topological polar surface area (TPSA) is 87.3 Å². The van der Waals surface area contributed by atoms with Crippen molar-refractivity contribution in [2.45, 2.75) is 6.92 Å². The minimum atomic E-state index is -0.483. The predicted molar refractivity (Wildman–Crippen MR) is 98.2 cm³/mol. The van der Waals surface area contributed by atoms with Crippen molar-refractivity contribution < 1.29 is 14.4 Å². The van der Waals surface area contributed by atoms with Crippen molar-refractivity contribution in [3.63, 3.8) is 0 Å². The second-order valence-electron chi connectivity index (χ2n) is 5.12. The highest BCUT2D eigenvalue weighted by Crippen LogP contribution is 2.20. The zero-order valence-electron chi connectivity index (χ0n) is 13.2. The molecule has 0 fully saturated rings. The Balaban J connectivity index is 1.92. The molecule has 130 valence electrons. The summed E-state index contributed by atoms with van der Waals surface area (Å²) in [5.41, 5.74) is 1.28. The van der Waals surface area contributed by atoms with Gasteiger partial charge in [-0.1, -0.05) is 29.3 Å². The summed E-state index contributed by atoms with van der Waals surface area (Å²) in [6.45, 7) is 1.16. The number of rotatable bonds is 5. The average Bonchev–Trinajstić information content (AvgIpc) is 2.52. The Hall–Kier alpha value is -2.57. The van der Waals surface area contributed by atoms with Crippen LogP contribution in [0.1, 0.15) is 17.3 Å². The van der Waals surface area contributed by atoms with Gasteiger partial charge < -0.3 is 16.0 Å². The Kier molecular flexibility index (Phi) is 6.38. The first-order chi connectivity index (χ1) is 11.8. The molecule has 0 saturated carbocycles. The van der Waals surface area contributed by atoms with Crippen LogP contribution in [-0.4, -0.2) is 24.3 Å². The zero-order valence-corrected chi connectivity index (χ0v) is 14.7. The maximum absolute atomic E-state index is 12.0. The molecule has 0 spiro atoms. The van der Waals surface area contributed by atoms with Crippen LogP contribution < -0.4 is 16.0 Å². The van der Waals surface area contributed by atoms with E-state index in [4.69, 9.17) is 23.2 Å². The standard InChI is InChI=1S/C17H15Cl2N3O3/c1-10(23)21-12-3-2-4-13(8-12)22-16(24)9-20-17(25)14-6-5-11(18)7-15(14)19/h2-8H,9H2,1H3,(H,20,25)(H,21,23)(H,22,24). The largest absolute Gasteiger partial charge is 0.343 e. The van der Waals surface area contributed by atoms with Crippen LogP contribution in [0.3, 0.4) is 0 Å². The quantitative estimate of drug-likeness (QED) is 0.744. The van der Waals surface area contributed by atoms with E-state index < -0.39 is 11.8 Å². The average molecular weight is 380 g/mol. The first-order valence-corrected chi connectivity index (χ1v) is 8.01. The minimum Gasteiger partial charge on any atom is -0.343 e. The molecule has 0 radical (unpaired) electrons. The van der Waals surface area contributed by atoms with E-state index in [1.165, 1.54) is 25.1 Å². The highest BCUT2D eigenvalue weighted by atomic mass is 35.5. The SMILES string of the molecule is CC(=O)Nc1cccc(NC(=O)CNC(=O)c2ccc(Cl)cc2Cl)c1. The molecule has 3 amide bonds. The number of amides is 3. The van der Waals surface area contributed by atoms with Gasteiger partial charge in [0, 0.05) is 23.3 Å². The molecule has 0 unspecified atom stereocenters. The van der Waals surface area contributed by atoms with Gasteiger partial charge in [-0.05, 0) is 36.4 Å². The lowest BCUT2D eigenvalue weighted by molar-refractivity contribution is -0.115. The Morgan fingerprint density at radius 2 is 1.64 bits per heavy atom. The fraction of sp³-hybridized carbons (Fsp3) is 0.118. The van der Waals surface area contributed by atoms with Gasteiger partial charge in [0.15, 0.2) is 0 Å². The van der Waals surface area contributed by atoms with Crippen molar-refractivity contribution in [3.05, 3.63) is 58.1 Å². The van der Waals surface area contributed by atoms with E-state index in [0.717, 1.165) is 0 Å². The van der Waals surface area contributed by atoms with Crippen LogP contribution in [0.5, 0.6) is 0 Å². The van der Waals surface area contributed by atoms with Crippen LogP contribution in [0.2, 0.25) is 10.0 Å². The second-order valence-corrected chi connectivity index (χ2v) is 5.96. The summed E-state index contributed by atoms with van der Waals surface area (Å²) >= 11 is 11.7. The number of hydrogen-bond acceptors (Lipinski definition) is 3. The molecule has 25 heavy (non-hydrogen) atoms. The third-order valence-electron chi connectivity index (χ3n) is 3.05. The van der Waals surface area contributed by atoms with Gasteiger partial charge in [0.05, 0.1) is 17.1 Å². The molecule has 8 heteroatoms. The molecule has 0 aromatic heterocycles. The number of carbonyl (C=O) groups excluding carboxylic acids is 3. The number of nitrogens with one attached hydrogen (secondary N) is 3. The van der Waals surface area contributed by atoms with Crippen LogP contribution in [0.15, 0.2) is 42.5 Å². The number of hydrogen-bond donors (Lipinski definition) is 3. The predicted octanol–water partition coefficient (Wildman–Crippen LogP) is 3.32. The smallest absolute Gasteiger partial charge is 0.253 e. The van der Waals surface area contributed by atoms with Crippen LogP contribution in [0.4, 0.5) is 11.4 Å².